The fraction of sp³-hybridized carbons (Fsp3) is 0.375. The first-order valence-corrected chi connectivity index (χ1v) is 7.23. The lowest BCUT2D eigenvalue weighted by Gasteiger charge is -2.08. The van der Waals surface area contributed by atoms with Crippen LogP contribution >= 0.6 is 11.6 Å². The standard InChI is InChI=1S/C16H20ClNO2/c1-3-7-18-10-13-6-8-19-16(13)11-20-14-4-5-15(17)12(2)9-14/h4-6,8-9,18H,3,7,10-11H2,1-2H3. The van der Waals surface area contributed by atoms with E-state index in [-0.39, 0.29) is 0 Å². The zero-order chi connectivity index (χ0) is 14.4. The van der Waals surface area contributed by atoms with E-state index in [9.17, 15) is 0 Å². The van der Waals surface area contributed by atoms with Gasteiger partial charge in [0.1, 0.15) is 18.1 Å². The first-order chi connectivity index (χ1) is 9.70. The Morgan fingerprint density at radius 3 is 2.90 bits per heavy atom. The quantitative estimate of drug-likeness (QED) is 0.772. The lowest BCUT2D eigenvalue weighted by Crippen LogP contribution is -2.14. The SMILES string of the molecule is CCCNCc1ccoc1COc1ccc(Cl)c(C)c1. The maximum Gasteiger partial charge on any atom is 0.146 e. The van der Waals surface area contributed by atoms with E-state index in [4.69, 9.17) is 20.8 Å². The van der Waals surface area contributed by atoms with Crippen LogP contribution in [0, 0.1) is 6.92 Å². The van der Waals surface area contributed by atoms with Crippen molar-refractivity contribution in [1.82, 2.24) is 5.32 Å². The normalized spacial score (nSPS) is 10.8. The molecule has 0 fully saturated rings. The topological polar surface area (TPSA) is 34.4 Å². The maximum atomic E-state index is 5.99. The van der Waals surface area contributed by atoms with Crippen molar-refractivity contribution < 1.29 is 9.15 Å². The molecule has 0 aliphatic carbocycles. The molecule has 1 aromatic heterocycles. The van der Waals surface area contributed by atoms with Gasteiger partial charge < -0.3 is 14.5 Å². The molecule has 0 aliphatic rings. The maximum absolute atomic E-state index is 5.99. The number of hydrogen-bond acceptors (Lipinski definition) is 3. The molecule has 1 N–H and O–H groups in total. The van der Waals surface area contributed by atoms with Gasteiger partial charge in [-0.25, -0.2) is 0 Å². The van der Waals surface area contributed by atoms with E-state index in [1.165, 1.54) is 0 Å². The molecule has 2 aromatic rings. The van der Waals surface area contributed by atoms with Gasteiger partial charge in [-0.05, 0) is 49.7 Å². The zero-order valence-corrected chi connectivity index (χ0v) is 12.7. The number of halogens is 1. The summed E-state index contributed by atoms with van der Waals surface area (Å²) < 4.78 is 11.2. The zero-order valence-electron chi connectivity index (χ0n) is 11.9. The van der Waals surface area contributed by atoms with E-state index >= 15 is 0 Å². The Bertz CT molecular complexity index is 551. The third-order valence-electron chi connectivity index (χ3n) is 3.08. The highest BCUT2D eigenvalue weighted by atomic mass is 35.5. The van der Waals surface area contributed by atoms with Crippen LogP contribution in [0.15, 0.2) is 34.9 Å². The summed E-state index contributed by atoms with van der Waals surface area (Å²) in [5, 5.41) is 4.11. The molecule has 0 atom stereocenters. The molecule has 4 heteroatoms. The Morgan fingerprint density at radius 2 is 2.15 bits per heavy atom. The lowest BCUT2D eigenvalue weighted by molar-refractivity contribution is 0.268. The molecule has 3 nitrogen and oxygen atoms in total. The van der Waals surface area contributed by atoms with Crippen molar-refractivity contribution >= 4 is 11.6 Å². The van der Waals surface area contributed by atoms with Crippen molar-refractivity contribution in [1.29, 1.82) is 0 Å². The minimum Gasteiger partial charge on any atom is -0.486 e. The Morgan fingerprint density at radius 1 is 1.30 bits per heavy atom. The average Bonchev–Trinajstić information content (AvgIpc) is 2.88. The van der Waals surface area contributed by atoms with E-state index in [1.807, 2.05) is 31.2 Å². The molecule has 0 amide bonds. The molecule has 0 bridgehead atoms. The highest BCUT2D eigenvalue weighted by molar-refractivity contribution is 6.31. The molecule has 1 aromatic carbocycles. The Hall–Kier alpha value is -1.45. The van der Waals surface area contributed by atoms with Gasteiger partial charge in [-0.15, -0.1) is 0 Å². The molecule has 2 rings (SSSR count). The third-order valence-corrected chi connectivity index (χ3v) is 3.50. The fourth-order valence-corrected chi connectivity index (χ4v) is 2.02. The highest BCUT2D eigenvalue weighted by Gasteiger charge is 2.07. The molecule has 0 radical (unpaired) electrons. The molecule has 0 spiro atoms. The summed E-state index contributed by atoms with van der Waals surface area (Å²) in [6.07, 6.45) is 2.82. The van der Waals surface area contributed by atoms with Gasteiger partial charge in [-0.3, -0.25) is 0 Å². The van der Waals surface area contributed by atoms with Gasteiger partial charge in [-0.2, -0.15) is 0 Å². The summed E-state index contributed by atoms with van der Waals surface area (Å²) >= 11 is 5.99. The van der Waals surface area contributed by atoms with E-state index < -0.39 is 0 Å². The molecule has 0 unspecified atom stereocenters. The number of rotatable bonds is 7. The van der Waals surface area contributed by atoms with Crippen molar-refractivity contribution in [3.05, 3.63) is 52.4 Å². The number of hydrogen-bond donors (Lipinski definition) is 1. The van der Waals surface area contributed by atoms with Crippen LogP contribution in [-0.2, 0) is 13.2 Å². The van der Waals surface area contributed by atoms with Gasteiger partial charge in [0.2, 0.25) is 0 Å². The van der Waals surface area contributed by atoms with E-state index in [0.29, 0.717) is 6.61 Å². The summed E-state index contributed by atoms with van der Waals surface area (Å²) in [6, 6.07) is 7.63. The molecular weight excluding hydrogens is 274 g/mol. The van der Waals surface area contributed by atoms with Crippen molar-refractivity contribution in [2.75, 3.05) is 6.54 Å². The third kappa shape index (κ3) is 4.02. The van der Waals surface area contributed by atoms with Crippen molar-refractivity contribution in [2.24, 2.45) is 0 Å². The highest BCUT2D eigenvalue weighted by Crippen LogP contribution is 2.22. The smallest absolute Gasteiger partial charge is 0.146 e. The van der Waals surface area contributed by atoms with Crippen LogP contribution < -0.4 is 10.1 Å². The van der Waals surface area contributed by atoms with Crippen LogP contribution in [0.1, 0.15) is 30.2 Å². The summed E-state index contributed by atoms with van der Waals surface area (Å²) in [5.74, 6) is 1.66. The number of ether oxygens (including phenoxy) is 1. The second kappa shape index (κ2) is 7.36. The Labute approximate surface area is 124 Å². The van der Waals surface area contributed by atoms with E-state index in [0.717, 1.165) is 47.2 Å². The van der Waals surface area contributed by atoms with Gasteiger partial charge in [0.05, 0.1) is 6.26 Å². The van der Waals surface area contributed by atoms with Gasteiger partial charge >= 0.3 is 0 Å². The van der Waals surface area contributed by atoms with Gasteiger partial charge in [0, 0.05) is 17.1 Å². The second-order valence-corrected chi connectivity index (χ2v) is 5.15. The van der Waals surface area contributed by atoms with Crippen LogP contribution in [0.4, 0.5) is 0 Å². The number of furan rings is 1. The number of nitrogens with one attached hydrogen (secondary N) is 1. The first-order valence-electron chi connectivity index (χ1n) is 6.85. The van der Waals surface area contributed by atoms with Crippen LogP contribution in [0.5, 0.6) is 5.75 Å². The Balaban J connectivity index is 1.93. The predicted octanol–water partition coefficient (Wildman–Crippen LogP) is 4.32. The largest absolute Gasteiger partial charge is 0.486 e. The van der Waals surface area contributed by atoms with Gasteiger partial charge in [0.25, 0.3) is 0 Å². The van der Waals surface area contributed by atoms with Crippen molar-refractivity contribution in [3.8, 4) is 5.75 Å². The molecular formula is C16H20ClNO2. The van der Waals surface area contributed by atoms with Crippen LogP contribution in [0.2, 0.25) is 5.02 Å². The summed E-state index contributed by atoms with van der Waals surface area (Å²) in [6.45, 7) is 6.35. The molecule has 1 heterocycles. The molecule has 108 valence electrons. The van der Waals surface area contributed by atoms with Crippen molar-refractivity contribution in [2.45, 2.75) is 33.4 Å². The Kier molecular flexibility index (Phi) is 5.50. The van der Waals surface area contributed by atoms with Crippen molar-refractivity contribution in [3.63, 3.8) is 0 Å². The average molecular weight is 294 g/mol. The lowest BCUT2D eigenvalue weighted by atomic mass is 10.2. The number of benzene rings is 1. The van der Waals surface area contributed by atoms with E-state index in [2.05, 4.69) is 12.2 Å². The summed E-state index contributed by atoms with van der Waals surface area (Å²) in [7, 11) is 0. The van der Waals surface area contributed by atoms with E-state index in [1.54, 1.807) is 6.26 Å². The summed E-state index contributed by atoms with van der Waals surface area (Å²) in [4.78, 5) is 0. The monoisotopic (exact) mass is 293 g/mol. The summed E-state index contributed by atoms with van der Waals surface area (Å²) in [5.41, 5.74) is 2.15. The first kappa shape index (κ1) is 14.9. The minimum absolute atomic E-state index is 0.428. The van der Waals surface area contributed by atoms with Crippen LogP contribution in [0.3, 0.4) is 0 Å². The number of aryl methyl sites for hydroxylation is 1. The fourth-order valence-electron chi connectivity index (χ4n) is 1.91. The molecule has 20 heavy (non-hydrogen) atoms. The van der Waals surface area contributed by atoms with Gasteiger partial charge in [-0.1, -0.05) is 18.5 Å². The van der Waals surface area contributed by atoms with Gasteiger partial charge in [0.15, 0.2) is 0 Å². The molecule has 0 saturated heterocycles. The minimum atomic E-state index is 0.428. The van der Waals surface area contributed by atoms with Crippen LogP contribution in [0.25, 0.3) is 0 Å². The predicted molar refractivity (Wildman–Crippen MR) is 81.2 cm³/mol. The second-order valence-electron chi connectivity index (χ2n) is 4.75. The molecule has 0 aliphatic heterocycles. The van der Waals surface area contributed by atoms with Crippen LogP contribution in [-0.4, -0.2) is 6.54 Å². The molecule has 0 saturated carbocycles.